The van der Waals surface area contributed by atoms with Gasteiger partial charge in [-0.2, -0.15) is 0 Å². The minimum atomic E-state index is 0.803. The predicted molar refractivity (Wildman–Crippen MR) is 319 cm³/mol. The van der Waals surface area contributed by atoms with E-state index in [-0.39, 0.29) is 0 Å². The Morgan fingerprint density at radius 3 is 1.21 bits per heavy atom. The summed E-state index contributed by atoms with van der Waals surface area (Å²) >= 11 is 0. The quantitative estimate of drug-likeness (QED) is 0.152. The Labute approximate surface area is 442 Å². The van der Waals surface area contributed by atoms with Crippen molar-refractivity contribution in [2.24, 2.45) is 0 Å². The van der Waals surface area contributed by atoms with Crippen LogP contribution in [0.1, 0.15) is 0 Å². The Hall–Kier alpha value is -10.4. The maximum absolute atomic E-state index is 7.29. The van der Waals surface area contributed by atoms with E-state index in [9.17, 15) is 0 Å². The van der Waals surface area contributed by atoms with Crippen LogP contribution in [0.15, 0.2) is 273 Å². The van der Waals surface area contributed by atoms with Crippen molar-refractivity contribution < 1.29 is 4.74 Å². The average Bonchev–Trinajstić information content (AvgIpc) is 4.32. The Morgan fingerprint density at radius 2 is 0.636 bits per heavy atom. The van der Waals surface area contributed by atoms with Crippen LogP contribution >= 0.6 is 0 Å². The second-order valence-corrected chi connectivity index (χ2v) is 19.9. The largest absolute Gasteiger partial charge is 0.456 e. The average molecular weight is 984 g/mol. The molecule has 0 N–H and O–H groups in total. The Morgan fingerprint density at radius 1 is 0.247 bits per heavy atom. The molecule has 6 heteroatoms. The Kier molecular flexibility index (Phi) is 9.53. The number of hydrogen-bond acceptors (Lipinski definition) is 2. The third-order valence-corrected chi connectivity index (χ3v) is 15.6. The van der Waals surface area contributed by atoms with Gasteiger partial charge in [0.15, 0.2) is 0 Å². The van der Waals surface area contributed by atoms with Gasteiger partial charge in [-0.15, -0.1) is 0 Å². The van der Waals surface area contributed by atoms with Crippen molar-refractivity contribution >= 4 is 87.4 Å². The van der Waals surface area contributed by atoms with Crippen LogP contribution in [0.4, 0.5) is 0 Å². The maximum Gasteiger partial charge on any atom is 0.137 e. The van der Waals surface area contributed by atoms with Gasteiger partial charge in [0.2, 0.25) is 0 Å². The van der Waals surface area contributed by atoms with E-state index in [1.54, 1.807) is 0 Å². The van der Waals surface area contributed by atoms with Crippen molar-refractivity contribution in [3.63, 3.8) is 0 Å². The van der Waals surface area contributed by atoms with Gasteiger partial charge >= 0.3 is 0 Å². The third kappa shape index (κ3) is 6.65. The molecule has 11 aromatic carbocycles. The van der Waals surface area contributed by atoms with E-state index in [1.807, 2.05) is 12.3 Å². The molecule has 0 amide bonds. The fourth-order valence-electron chi connectivity index (χ4n) is 12.3. The molecule has 0 aliphatic heterocycles. The van der Waals surface area contributed by atoms with Gasteiger partial charge in [0.25, 0.3) is 0 Å². The van der Waals surface area contributed by atoms with Gasteiger partial charge in [-0.3, -0.25) is 4.98 Å². The summed E-state index contributed by atoms with van der Waals surface area (Å²) in [4.78, 5) is 4.90. The van der Waals surface area contributed by atoms with Gasteiger partial charge in [0, 0.05) is 55.9 Å². The van der Waals surface area contributed by atoms with Crippen molar-refractivity contribution in [1.29, 1.82) is 0 Å². The Bertz CT molecular complexity index is 4700. The smallest absolute Gasteiger partial charge is 0.137 e. The van der Waals surface area contributed by atoms with Crippen molar-refractivity contribution in [1.82, 2.24) is 23.3 Å². The van der Waals surface area contributed by atoms with Crippen LogP contribution in [0.25, 0.3) is 132 Å². The highest BCUT2D eigenvalue weighted by molar-refractivity contribution is 6.15. The van der Waals surface area contributed by atoms with Crippen LogP contribution in [0.3, 0.4) is 0 Å². The number of fused-ring (bicyclic) bond motifs is 12. The summed E-state index contributed by atoms with van der Waals surface area (Å²) in [7, 11) is 0. The fourth-order valence-corrected chi connectivity index (χ4v) is 12.3. The summed E-state index contributed by atoms with van der Waals surface area (Å²) in [5.41, 5.74) is 19.0. The molecule has 0 unspecified atom stereocenters. The van der Waals surface area contributed by atoms with Crippen molar-refractivity contribution in [2.45, 2.75) is 0 Å². The second kappa shape index (κ2) is 17.1. The molecule has 0 spiro atoms. The summed E-state index contributed by atoms with van der Waals surface area (Å²) in [6.07, 6.45) is 1.89. The highest BCUT2D eigenvalue weighted by Crippen LogP contribution is 2.45. The molecule has 6 nitrogen and oxygen atoms in total. The van der Waals surface area contributed by atoms with Crippen LogP contribution in [-0.4, -0.2) is 23.3 Å². The molecular weight excluding hydrogens is 939 g/mol. The van der Waals surface area contributed by atoms with Crippen LogP contribution in [0.2, 0.25) is 0 Å². The van der Waals surface area contributed by atoms with Crippen LogP contribution in [0, 0.1) is 0 Å². The zero-order valence-corrected chi connectivity index (χ0v) is 41.6. The van der Waals surface area contributed by atoms with Crippen LogP contribution in [-0.2, 0) is 0 Å². The lowest BCUT2D eigenvalue weighted by Crippen LogP contribution is -1.95. The summed E-state index contributed by atoms with van der Waals surface area (Å²) in [6, 6.07) is 95.8. The lowest BCUT2D eigenvalue weighted by Gasteiger charge is -2.13. The predicted octanol–water partition coefficient (Wildman–Crippen LogP) is 18.6. The summed E-state index contributed by atoms with van der Waals surface area (Å²) in [6.45, 7) is 0. The number of aromatic nitrogens is 5. The molecule has 5 aromatic heterocycles. The first-order valence-corrected chi connectivity index (χ1v) is 26.2. The molecule has 0 radical (unpaired) electrons. The number of benzene rings is 11. The molecule has 0 atom stereocenters. The van der Waals surface area contributed by atoms with Gasteiger partial charge in [0.1, 0.15) is 11.5 Å². The normalized spacial score (nSPS) is 11.9. The topological polar surface area (TPSA) is 41.8 Å². The third-order valence-electron chi connectivity index (χ3n) is 15.6. The van der Waals surface area contributed by atoms with Gasteiger partial charge in [-0.1, -0.05) is 140 Å². The maximum atomic E-state index is 7.29. The number of nitrogens with zero attached hydrogens (tertiary/aromatic N) is 5. The highest BCUT2D eigenvalue weighted by atomic mass is 16.5. The van der Waals surface area contributed by atoms with Gasteiger partial charge in [-0.25, -0.2) is 0 Å². The molecule has 5 heterocycles. The van der Waals surface area contributed by atoms with Gasteiger partial charge < -0.3 is 23.0 Å². The summed E-state index contributed by atoms with van der Waals surface area (Å²) in [5.74, 6) is 1.61. The zero-order chi connectivity index (χ0) is 50.6. The lowest BCUT2D eigenvalue weighted by atomic mass is 10.0. The molecule has 0 aliphatic rings. The molecular formula is C71H45N5O. The van der Waals surface area contributed by atoms with Crippen LogP contribution in [0.5, 0.6) is 11.5 Å². The first-order chi connectivity index (χ1) is 38.2. The molecule has 0 saturated heterocycles. The van der Waals surface area contributed by atoms with Crippen molar-refractivity contribution in [3.8, 4) is 56.5 Å². The van der Waals surface area contributed by atoms with Gasteiger partial charge in [0.05, 0.1) is 60.4 Å². The molecule has 0 fully saturated rings. The number of hydrogen-bond donors (Lipinski definition) is 0. The minimum Gasteiger partial charge on any atom is -0.456 e. The van der Waals surface area contributed by atoms with Crippen molar-refractivity contribution in [3.05, 3.63) is 273 Å². The molecule has 0 aliphatic carbocycles. The van der Waals surface area contributed by atoms with E-state index in [4.69, 9.17) is 9.72 Å². The van der Waals surface area contributed by atoms with Gasteiger partial charge in [-0.05, 0) is 150 Å². The minimum absolute atomic E-state index is 0.803. The fraction of sp³-hybridized carbons (Fsp3) is 0. The number of para-hydroxylation sites is 5. The Balaban J connectivity index is 0.794. The highest BCUT2D eigenvalue weighted by Gasteiger charge is 2.22. The SMILES string of the molecule is c1ccc(-n2c3ccccc3c3cc(-c4cccc(-n5c6ccccc6c6c(Oc7cccc8c7c7ccccc7n8-c7cccc(-c8ccc9c(c8)c8ncccc8n9-c8ccccc8)c7)cccc65)c4)ccc32)cc1. The zero-order valence-electron chi connectivity index (χ0n) is 41.6. The van der Waals surface area contributed by atoms with E-state index >= 15 is 0 Å². The number of ether oxygens (including phenoxy) is 1. The van der Waals surface area contributed by atoms with E-state index in [2.05, 4.69) is 279 Å². The van der Waals surface area contributed by atoms with E-state index in [0.717, 1.165) is 116 Å². The molecule has 0 bridgehead atoms. The second-order valence-electron chi connectivity index (χ2n) is 19.9. The summed E-state index contributed by atoms with van der Waals surface area (Å²) in [5, 5.41) is 7.97. The van der Waals surface area contributed by atoms with E-state index < -0.39 is 0 Å². The number of rotatable bonds is 8. The first-order valence-electron chi connectivity index (χ1n) is 26.2. The standard InChI is InChI=1S/C71H45N5O/c1-3-20-50(21-4-1)73-59-29-10-7-26-54(59)57-44-48(37-39-62(57)73)46-18-13-24-52(42-46)75-60-30-11-8-27-55(60)69-64(75)32-15-35-67(69)77-68-36-16-33-65-70(68)56-28-9-12-31-61(56)76(65)53-25-14-19-47(43-53)49-38-40-63-58(45-49)71-66(34-17-41-72-71)74(63)51-22-5-2-6-23-51/h1-45H. The molecule has 0 saturated carbocycles. The molecule has 77 heavy (non-hydrogen) atoms. The molecule has 360 valence electrons. The van der Waals surface area contributed by atoms with E-state index in [0.29, 0.717) is 0 Å². The van der Waals surface area contributed by atoms with Crippen molar-refractivity contribution in [2.75, 3.05) is 0 Å². The number of pyridine rings is 1. The lowest BCUT2D eigenvalue weighted by molar-refractivity contribution is 0.495. The van der Waals surface area contributed by atoms with E-state index in [1.165, 1.54) is 27.4 Å². The molecule has 16 aromatic rings. The summed E-state index contributed by atoms with van der Waals surface area (Å²) < 4.78 is 16.7. The van der Waals surface area contributed by atoms with Crippen LogP contribution < -0.4 is 4.74 Å². The molecule has 16 rings (SSSR count). The monoisotopic (exact) mass is 983 g/mol. The first kappa shape index (κ1) is 43.0.